The Bertz CT molecular complexity index is 733. The summed E-state index contributed by atoms with van der Waals surface area (Å²) in [5, 5.41) is 4.67. The van der Waals surface area contributed by atoms with Gasteiger partial charge in [0.25, 0.3) is 0 Å². The number of nitrogens with one attached hydrogen (secondary N) is 2. The third-order valence-electron chi connectivity index (χ3n) is 2.81. The molecule has 1 aromatic carbocycles. The second kappa shape index (κ2) is 4.03. The van der Waals surface area contributed by atoms with Gasteiger partial charge in [0, 0.05) is 16.3 Å². The maximum Gasteiger partial charge on any atom is 0.412 e. The van der Waals surface area contributed by atoms with Crippen LogP contribution in [0, 0.1) is 0 Å². The van der Waals surface area contributed by atoms with Crippen LogP contribution in [-0.4, -0.2) is 23.2 Å². The minimum Gasteiger partial charge on any atom is -0.453 e. The lowest BCUT2D eigenvalue weighted by Crippen LogP contribution is -2.11. The number of pyridine rings is 1. The molecule has 5 heteroatoms. The van der Waals surface area contributed by atoms with E-state index in [1.165, 1.54) is 7.11 Å². The quantitative estimate of drug-likeness (QED) is 0.688. The lowest BCUT2D eigenvalue weighted by atomic mass is 10.2. The Kier molecular flexibility index (Phi) is 2.37. The predicted molar refractivity (Wildman–Crippen MR) is 69.6 cm³/mol. The van der Waals surface area contributed by atoms with Crippen molar-refractivity contribution in [2.45, 2.75) is 0 Å². The van der Waals surface area contributed by atoms with Gasteiger partial charge >= 0.3 is 6.09 Å². The Labute approximate surface area is 103 Å². The number of amides is 1. The first-order valence-electron chi connectivity index (χ1n) is 5.49. The van der Waals surface area contributed by atoms with Crippen molar-refractivity contribution in [3.05, 3.63) is 36.5 Å². The maximum atomic E-state index is 11.1. The van der Waals surface area contributed by atoms with Gasteiger partial charge in [0.1, 0.15) is 5.82 Å². The Morgan fingerprint density at radius 3 is 2.94 bits per heavy atom. The van der Waals surface area contributed by atoms with Crippen molar-refractivity contribution in [3.63, 3.8) is 0 Å². The normalized spacial score (nSPS) is 10.7. The Balaban J connectivity index is 2.15. The van der Waals surface area contributed by atoms with Crippen LogP contribution in [0.4, 0.5) is 10.6 Å². The molecule has 2 heterocycles. The zero-order chi connectivity index (χ0) is 12.5. The summed E-state index contributed by atoms with van der Waals surface area (Å²) in [5.74, 6) is 0.471. The average Bonchev–Trinajstić information content (AvgIpc) is 2.77. The monoisotopic (exact) mass is 241 g/mol. The fraction of sp³-hybridized carbons (Fsp3) is 0.0769. The number of anilines is 1. The largest absolute Gasteiger partial charge is 0.453 e. The van der Waals surface area contributed by atoms with E-state index < -0.39 is 6.09 Å². The van der Waals surface area contributed by atoms with Gasteiger partial charge in [-0.25, -0.2) is 9.78 Å². The number of hydrogen-bond donors (Lipinski definition) is 2. The lowest BCUT2D eigenvalue weighted by molar-refractivity contribution is 0.187. The third kappa shape index (κ3) is 1.66. The highest BCUT2D eigenvalue weighted by Crippen LogP contribution is 2.26. The maximum absolute atomic E-state index is 11.1. The fourth-order valence-electron chi connectivity index (χ4n) is 1.97. The van der Waals surface area contributed by atoms with Crippen LogP contribution >= 0.6 is 0 Å². The SMILES string of the molecule is COC(=O)Nc1cc2c(cn1)[nH]c1ccccc12. The summed E-state index contributed by atoms with van der Waals surface area (Å²) in [5.41, 5.74) is 1.98. The summed E-state index contributed by atoms with van der Waals surface area (Å²) in [4.78, 5) is 18.6. The van der Waals surface area contributed by atoms with Gasteiger partial charge < -0.3 is 9.72 Å². The van der Waals surface area contributed by atoms with Crippen molar-refractivity contribution in [2.75, 3.05) is 12.4 Å². The first kappa shape index (κ1) is 10.6. The van der Waals surface area contributed by atoms with Crippen LogP contribution in [0.5, 0.6) is 0 Å². The summed E-state index contributed by atoms with van der Waals surface area (Å²) in [7, 11) is 1.32. The minimum absolute atomic E-state index is 0.471. The number of hydrogen-bond acceptors (Lipinski definition) is 3. The highest BCUT2D eigenvalue weighted by molar-refractivity contribution is 6.08. The molecule has 0 spiro atoms. The molecule has 3 rings (SSSR count). The number of carbonyl (C=O) groups is 1. The molecular formula is C13H11N3O2. The molecular weight excluding hydrogens is 230 g/mol. The minimum atomic E-state index is -0.526. The molecule has 2 aromatic heterocycles. The van der Waals surface area contributed by atoms with E-state index in [4.69, 9.17) is 0 Å². The predicted octanol–water partition coefficient (Wildman–Crippen LogP) is 2.89. The summed E-state index contributed by atoms with van der Waals surface area (Å²) in [6, 6.07) is 9.80. The summed E-state index contributed by atoms with van der Waals surface area (Å²) in [6.07, 6.45) is 1.17. The van der Waals surface area contributed by atoms with Crippen LogP contribution < -0.4 is 5.32 Å². The molecule has 0 atom stereocenters. The standard InChI is InChI=1S/C13H11N3O2/c1-18-13(17)16-12-6-9-8-4-2-3-5-10(8)15-11(9)7-14-12/h2-7,15H,1H3,(H,14,16,17). The van der Waals surface area contributed by atoms with E-state index in [1.54, 1.807) is 6.20 Å². The molecule has 5 nitrogen and oxygen atoms in total. The Morgan fingerprint density at radius 1 is 1.28 bits per heavy atom. The Morgan fingerprint density at radius 2 is 2.11 bits per heavy atom. The number of benzene rings is 1. The molecule has 0 saturated heterocycles. The molecule has 18 heavy (non-hydrogen) atoms. The molecule has 1 amide bonds. The zero-order valence-corrected chi connectivity index (χ0v) is 9.73. The van der Waals surface area contributed by atoms with Gasteiger partial charge in [-0.05, 0) is 12.1 Å². The number of fused-ring (bicyclic) bond motifs is 3. The number of methoxy groups -OCH3 is 1. The molecule has 0 unspecified atom stereocenters. The number of aromatic amines is 1. The van der Waals surface area contributed by atoms with E-state index in [-0.39, 0.29) is 0 Å². The number of rotatable bonds is 1. The molecule has 0 fully saturated rings. The molecule has 0 aliphatic heterocycles. The van der Waals surface area contributed by atoms with E-state index in [2.05, 4.69) is 20.0 Å². The first-order chi connectivity index (χ1) is 8.78. The molecule has 0 aliphatic carbocycles. The fourth-order valence-corrected chi connectivity index (χ4v) is 1.97. The van der Waals surface area contributed by atoms with Gasteiger partial charge in [-0.3, -0.25) is 5.32 Å². The molecule has 0 radical (unpaired) electrons. The van der Waals surface area contributed by atoms with Gasteiger partial charge in [-0.2, -0.15) is 0 Å². The van der Waals surface area contributed by atoms with Gasteiger partial charge in [0.2, 0.25) is 0 Å². The van der Waals surface area contributed by atoms with Crippen molar-refractivity contribution in [3.8, 4) is 0 Å². The summed E-state index contributed by atoms with van der Waals surface area (Å²) in [6.45, 7) is 0. The van der Waals surface area contributed by atoms with E-state index in [9.17, 15) is 4.79 Å². The second-order valence-corrected chi connectivity index (χ2v) is 3.90. The topological polar surface area (TPSA) is 67.0 Å². The number of para-hydroxylation sites is 1. The van der Waals surface area contributed by atoms with Crippen molar-refractivity contribution < 1.29 is 9.53 Å². The number of aromatic nitrogens is 2. The van der Waals surface area contributed by atoms with Gasteiger partial charge in [-0.15, -0.1) is 0 Å². The van der Waals surface area contributed by atoms with E-state index in [0.717, 1.165) is 21.8 Å². The smallest absolute Gasteiger partial charge is 0.412 e. The van der Waals surface area contributed by atoms with Crippen LogP contribution in [0.1, 0.15) is 0 Å². The lowest BCUT2D eigenvalue weighted by Gasteiger charge is -2.02. The molecule has 3 aromatic rings. The van der Waals surface area contributed by atoms with Crippen LogP contribution in [-0.2, 0) is 4.74 Å². The van der Waals surface area contributed by atoms with Gasteiger partial charge in [0.05, 0.1) is 18.8 Å². The van der Waals surface area contributed by atoms with Crippen LogP contribution in [0.2, 0.25) is 0 Å². The molecule has 90 valence electrons. The summed E-state index contributed by atoms with van der Waals surface area (Å²) < 4.78 is 4.54. The number of carbonyl (C=O) groups excluding carboxylic acids is 1. The van der Waals surface area contributed by atoms with Crippen molar-refractivity contribution in [1.82, 2.24) is 9.97 Å². The Hall–Kier alpha value is -2.56. The number of H-pyrrole nitrogens is 1. The van der Waals surface area contributed by atoms with E-state index in [1.807, 2.05) is 30.3 Å². The molecule has 0 bridgehead atoms. The van der Waals surface area contributed by atoms with Crippen molar-refractivity contribution in [2.24, 2.45) is 0 Å². The van der Waals surface area contributed by atoms with Crippen LogP contribution in [0.25, 0.3) is 21.8 Å². The average molecular weight is 241 g/mol. The number of ether oxygens (including phenoxy) is 1. The van der Waals surface area contributed by atoms with Crippen molar-refractivity contribution in [1.29, 1.82) is 0 Å². The van der Waals surface area contributed by atoms with Crippen LogP contribution in [0.15, 0.2) is 36.5 Å². The third-order valence-corrected chi connectivity index (χ3v) is 2.81. The number of nitrogens with zero attached hydrogens (tertiary/aromatic N) is 1. The van der Waals surface area contributed by atoms with E-state index >= 15 is 0 Å². The van der Waals surface area contributed by atoms with E-state index in [0.29, 0.717) is 5.82 Å². The van der Waals surface area contributed by atoms with Crippen LogP contribution in [0.3, 0.4) is 0 Å². The van der Waals surface area contributed by atoms with Gasteiger partial charge in [-0.1, -0.05) is 18.2 Å². The van der Waals surface area contributed by atoms with Gasteiger partial charge in [0.15, 0.2) is 0 Å². The molecule has 0 aliphatic rings. The highest BCUT2D eigenvalue weighted by atomic mass is 16.5. The highest BCUT2D eigenvalue weighted by Gasteiger charge is 2.07. The zero-order valence-electron chi connectivity index (χ0n) is 9.73. The summed E-state index contributed by atoms with van der Waals surface area (Å²) >= 11 is 0. The van der Waals surface area contributed by atoms with Crippen molar-refractivity contribution >= 4 is 33.7 Å². The second-order valence-electron chi connectivity index (χ2n) is 3.90. The first-order valence-corrected chi connectivity index (χ1v) is 5.49. The molecule has 0 saturated carbocycles. The molecule has 2 N–H and O–H groups in total.